The van der Waals surface area contributed by atoms with Crippen LogP contribution in [0, 0.1) is 0 Å². The van der Waals surface area contributed by atoms with Crippen molar-refractivity contribution in [3.63, 3.8) is 0 Å². The first kappa shape index (κ1) is 42.9. The molecule has 8 aromatic rings. The Kier molecular flexibility index (Phi) is 14.5. The molecule has 0 atom stereocenters. The highest BCUT2D eigenvalue weighted by atomic mass is 14.5. The van der Waals surface area contributed by atoms with E-state index >= 15 is 0 Å². The van der Waals surface area contributed by atoms with Gasteiger partial charge in [-0.05, 0) is 97.1 Å². The monoisotopic (exact) mass is 812 g/mol. The Balaban J connectivity index is 0.000000202. The van der Waals surface area contributed by atoms with Crippen molar-refractivity contribution in [3.05, 3.63) is 301 Å². The third-order valence-corrected chi connectivity index (χ3v) is 10.9. The summed E-state index contributed by atoms with van der Waals surface area (Å²) in [7, 11) is 0. The van der Waals surface area contributed by atoms with Gasteiger partial charge in [-0.3, -0.25) is 0 Å². The van der Waals surface area contributed by atoms with E-state index in [9.17, 15) is 0 Å². The lowest BCUT2D eigenvalue weighted by molar-refractivity contribution is 0.769. The highest BCUT2D eigenvalue weighted by Crippen LogP contribution is 2.58. The van der Waals surface area contributed by atoms with Crippen LogP contribution < -0.4 is 11.5 Å². The second-order valence-electron chi connectivity index (χ2n) is 15.0. The molecule has 0 saturated carbocycles. The molecule has 0 saturated heterocycles. The van der Waals surface area contributed by atoms with E-state index in [-0.39, 0.29) is 0 Å². The highest BCUT2D eigenvalue weighted by molar-refractivity contribution is 5.96. The maximum Gasteiger partial charge on any atom is 0.0714 e. The van der Waals surface area contributed by atoms with E-state index < -0.39 is 5.41 Å². The van der Waals surface area contributed by atoms with Crippen LogP contribution in [0.1, 0.15) is 33.4 Å². The van der Waals surface area contributed by atoms with Gasteiger partial charge in [0.15, 0.2) is 0 Å². The summed E-state index contributed by atoms with van der Waals surface area (Å²) in [5.74, 6) is 0. The van der Waals surface area contributed by atoms with Gasteiger partial charge in [0.25, 0.3) is 0 Å². The fourth-order valence-corrected chi connectivity index (χ4v) is 8.04. The molecule has 8 aromatic carbocycles. The van der Waals surface area contributed by atoms with Gasteiger partial charge in [-0.15, -0.1) is 0 Å². The van der Waals surface area contributed by atoms with Crippen LogP contribution in [-0.2, 0) is 5.41 Å². The minimum absolute atomic E-state index is 0.471. The number of fused-ring (bicyclic) bond motifs is 3. The molecular weight excluding hydrogens is 761 g/mol. The average Bonchev–Trinajstić information content (AvgIpc) is 3.65. The number of nitrogen functional groups attached to an aromatic ring is 2. The first-order valence-corrected chi connectivity index (χ1v) is 21.2. The Morgan fingerprint density at radius 2 is 0.794 bits per heavy atom. The quantitative estimate of drug-likeness (QED) is 0.107. The van der Waals surface area contributed by atoms with E-state index in [1.165, 1.54) is 55.6 Å². The van der Waals surface area contributed by atoms with Crippen LogP contribution in [0.2, 0.25) is 0 Å². The van der Waals surface area contributed by atoms with Gasteiger partial charge in [0.1, 0.15) is 0 Å². The van der Waals surface area contributed by atoms with Gasteiger partial charge in [0.05, 0.1) is 5.41 Å². The third-order valence-electron chi connectivity index (χ3n) is 10.9. The molecule has 1 aliphatic carbocycles. The summed E-state index contributed by atoms with van der Waals surface area (Å²) in [6.45, 7) is 7.17. The highest BCUT2D eigenvalue weighted by Gasteiger charge is 2.47. The first-order valence-electron chi connectivity index (χ1n) is 21.2. The van der Waals surface area contributed by atoms with Gasteiger partial charge in [-0.25, -0.2) is 0 Å². The molecule has 0 amide bonds. The van der Waals surface area contributed by atoms with Crippen LogP contribution in [0.3, 0.4) is 0 Å². The smallest absolute Gasteiger partial charge is 0.0714 e. The summed E-state index contributed by atoms with van der Waals surface area (Å²) in [5.41, 5.74) is 27.9. The average molecular weight is 813 g/mol. The molecule has 2 nitrogen and oxygen atoms in total. The number of allylic oxidation sites excluding steroid dienone is 8. The van der Waals surface area contributed by atoms with E-state index in [1.54, 1.807) is 12.2 Å². The number of anilines is 2. The Morgan fingerprint density at radius 1 is 0.349 bits per heavy atom. The van der Waals surface area contributed by atoms with Crippen molar-refractivity contribution in [1.29, 1.82) is 0 Å². The predicted octanol–water partition coefficient (Wildman–Crippen LogP) is 15.4. The lowest BCUT2D eigenvalue weighted by atomic mass is 9.67. The minimum atomic E-state index is -0.471. The van der Waals surface area contributed by atoms with Crippen LogP contribution in [-0.4, -0.2) is 0 Å². The van der Waals surface area contributed by atoms with Crippen molar-refractivity contribution < 1.29 is 0 Å². The number of hydrogen-bond acceptors (Lipinski definition) is 2. The molecule has 63 heavy (non-hydrogen) atoms. The molecule has 0 bridgehead atoms. The Hall–Kier alpha value is -8.20. The molecule has 0 fully saturated rings. The van der Waals surface area contributed by atoms with Crippen molar-refractivity contribution >= 4 is 23.5 Å². The Morgan fingerprint density at radius 3 is 1.27 bits per heavy atom. The largest absolute Gasteiger partial charge is 0.399 e. The number of benzene rings is 8. The van der Waals surface area contributed by atoms with Crippen molar-refractivity contribution in [2.75, 3.05) is 11.5 Å². The van der Waals surface area contributed by atoms with E-state index in [0.29, 0.717) is 0 Å². The zero-order valence-electron chi connectivity index (χ0n) is 35.5. The van der Waals surface area contributed by atoms with E-state index in [0.717, 1.165) is 22.5 Å². The minimum Gasteiger partial charge on any atom is -0.399 e. The summed E-state index contributed by atoms with van der Waals surface area (Å²) in [4.78, 5) is 0. The maximum atomic E-state index is 6.06. The van der Waals surface area contributed by atoms with Gasteiger partial charge in [-0.2, -0.15) is 0 Å². The second-order valence-corrected chi connectivity index (χ2v) is 15.0. The zero-order chi connectivity index (χ0) is 43.7. The van der Waals surface area contributed by atoms with Crippen LogP contribution in [0.4, 0.5) is 11.4 Å². The molecule has 2 heteroatoms. The molecule has 0 spiro atoms. The molecule has 0 aliphatic heterocycles. The summed E-state index contributed by atoms with van der Waals surface area (Å²) < 4.78 is 0. The van der Waals surface area contributed by atoms with Crippen LogP contribution in [0.15, 0.2) is 268 Å². The van der Waals surface area contributed by atoms with Gasteiger partial charge in [0.2, 0.25) is 0 Å². The molecule has 306 valence electrons. The van der Waals surface area contributed by atoms with Crippen LogP contribution >= 0.6 is 0 Å². The predicted molar refractivity (Wildman–Crippen MR) is 273 cm³/mol. The fourth-order valence-electron chi connectivity index (χ4n) is 8.04. The summed E-state index contributed by atoms with van der Waals surface area (Å²) >= 11 is 0. The molecule has 0 radical (unpaired) electrons. The SMILES string of the molecule is C=C/C=C\C=C/c1ccccc1.C=C/C=C\C=C/c1ccccc1.Nc1ccc(-c2ccc3c(c2)C(c2ccccc2)(c2ccccc2)c2cccc(-c4ccc(N)cc4)c2-3)cc1. The maximum absolute atomic E-state index is 6.06. The summed E-state index contributed by atoms with van der Waals surface area (Å²) in [6, 6.07) is 72.2. The normalized spacial score (nSPS) is 12.3. The van der Waals surface area contributed by atoms with Crippen molar-refractivity contribution in [2.45, 2.75) is 5.41 Å². The van der Waals surface area contributed by atoms with E-state index in [2.05, 4.69) is 171 Å². The molecule has 1 aliphatic rings. The molecular formula is C61H52N2. The molecule has 0 aromatic heterocycles. The molecule has 9 rings (SSSR count). The second kappa shape index (κ2) is 21.4. The van der Waals surface area contributed by atoms with Gasteiger partial charge >= 0.3 is 0 Å². The third kappa shape index (κ3) is 10.2. The van der Waals surface area contributed by atoms with E-state index in [4.69, 9.17) is 11.5 Å². The van der Waals surface area contributed by atoms with Crippen molar-refractivity contribution in [1.82, 2.24) is 0 Å². The number of nitrogens with two attached hydrogens (primary N) is 2. The Labute approximate surface area is 373 Å². The Bertz CT molecular complexity index is 2730. The molecule has 4 N–H and O–H groups in total. The standard InChI is InChI=1S/C37H28N2.2C12H12/c38-30-19-14-25(15-20-30)27-18-23-33-35(24-27)37(28-8-3-1-4-9-28,29-10-5-2-6-11-29)34-13-7-12-32(36(33)34)26-16-21-31(39)22-17-26;2*1-2-3-4-6-9-12-10-7-5-8-11-12/h1-24H,38-39H2;2*2-11H,1H2/b;2*4-3-,9-6-. The van der Waals surface area contributed by atoms with Gasteiger partial charge < -0.3 is 11.5 Å². The summed E-state index contributed by atoms with van der Waals surface area (Å²) in [6.07, 6.45) is 19.3. The lowest BCUT2D eigenvalue weighted by Gasteiger charge is -2.34. The fraction of sp³-hybridized carbons (Fsp3) is 0.0164. The molecule has 0 unspecified atom stereocenters. The van der Waals surface area contributed by atoms with Gasteiger partial charge in [0, 0.05) is 11.4 Å². The van der Waals surface area contributed by atoms with Crippen molar-refractivity contribution in [2.24, 2.45) is 0 Å². The van der Waals surface area contributed by atoms with E-state index in [1.807, 2.05) is 97.1 Å². The van der Waals surface area contributed by atoms with Crippen LogP contribution in [0.25, 0.3) is 45.5 Å². The first-order chi connectivity index (χ1) is 31.0. The van der Waals surface area contributed by atoms with Crippen molar-refractivity contribution in [3.8, 4) is 33.4 Å². The molecule has 0 heterocycles. The lowest BCUT2D eigenvalue weighted by Crippen LogP contribution is -2.28. The number of rotatable bonds is 10. The van der Waals surface area contributed by atoms with Crippen LogP contribution in [0.5, 0.6) is 0 Å². The zero-order valence-corrected chi connectivity index (χ0v) is 35.5. The van der Waals surface area contributed by atoms with Gasteiger partial charge in [-0.1, -0.05) is 250 Å². The topological polar surface area (TPSA) is 52.0 Å². The number of hydrogen-bond donors (Lipinski definition) is 2. The summed E-state index contributed by atoms with van der Waals surface area (Å²) in [5, 5.41) is 0.